The van der Waals surface area contributed by atoms with E-state index in [-0.39, 0.29) is 17.1 Å². The van der Waals surface area contributed by atoms with E-state index in [4.69, 9.17) is 9.47 Å². The summed E-state index contributed by atoms with van der Waals surface area (Å²) in [7, 11) is 3.35. The Hall–Kier alpha value is -3.01. The van der Waals surface area contributed by atoms with Crippen LogP contribution in [0.2, 0.25) is 0 Å². The Labute approximate surface area is 184 Å². The van der Waals surface area contributed by atoms with Gasteiger partial charge in [0.05, 0.1) is 14.2 Å². The van der Waals surface area contributed by atoms with E-state index in [9.17, 15) is 4.79 Å². The van der Waals surface area contributed by atoms with Gasteiger partial charge in [-0.25, -0.2) is 0 Å². The normalized spacial score (nSPS) is 21.7. The molecule has 0 amide bonds. The number of hydrogen-bond acceptors (Lipinski definition) is 4. The highest BCUT2D eigenvalue weighted by molar-refractivity contribution is 6.01. The van der Waals surface area contributed by atoms with Gasteiger partial charge in [0.2, 0.25) is 0 Å². The standard InChI is InChI=1S/C27H29NO3/c1-27(2)15-22-26(23(29)16-27)20(17-8-6-5-7-9-17)13-21-19-14-25(31-4)24(30-3)12-18(19)10-11-28(21)22/h5-9,12-14,20H,10-11,15-16H2,1-4H3/t20-/m1/s1. The van der Waals surface area contributed by atoms with E-state index < -0.39 is 0 Å². The highest BCUT2D eigenvalue weighted by Crippen LogP contribution is 2.51. The molecule has 3 aliphatic rings. The molecule has 2 aromatic rings. The summed E-state index contributed by atoms with van der Waals surface area (Å²) < 4.78 is 11.2. The van der Waals surface area contributed by atoms with E-state index in [1.165, 1.54) is 28.1 Å². The zero-order chi connectivity index (χ0) is 21.8. The fraction of sp³-hybridized carbons (Fsp3) is 0.370. The highest BCUT2D eigenvalue weighted by Gasteiger charge is 2.42. The van der Waals surface area contributed by atoms with Crippen molar-refractivity contribution >= 4 is 11.5 Å². The van der Waals surface area contributed by atoms with Gasteiger partial charge in [-0.3, -0.25) is 4.79 Å². The molecule has 0 unspecified atom stereocenters. The third-order valence-corrected chi connectivity index (χ3v) is 6.80. The number of ketones is 1. The van der Waals surface area contributed by atoms with Crippen LogP contribution in [0.25, 0.3) is 5.70 Å². The summed E-state index contributed by atoms with van der Waals surface area (Å²) in [6.07, 6.45) is 4.72. The van der Waals surface area contributed by atoms with Gasteiger partial charge in [0, 0.05) is 41.4 Å². The van der Waals surface area contributed by atoms with E-state index in [1.807, 2.05) is 6.07 Å². The average molecular weight is 416 g/mol. The Morgan fingerprint density at radius 2 is 1.71 bits per heavy atom. The van der Waals surface area contributed by atoms with Crippen LogP contribution in [-0.4, -0.2) is 31.4 Å². The minimum atomic E-state index is -0.0303. The van der Waals surface area contributed by atoms with Crippen LogP contribution in [0.1, 0.15) is 49.3 Å². The molecule has 0 spiro atoms. The van der Waals surface area contributed by atoms with Crippen molar-refractivity contribution in [2.45, 2.75) is 39.0 Å². The summed E-state index contributed by atoms with van der Waals surface area (Å²) in [5.41, 5.74) is 6.94. The Bertz CT molecular complexity index is 1110. The molecular formula is C27H29NO3. The Morgan fingerprint density at radius 1 is 1.00 bits per heavy atom. The van der Waals surface area contributed by atoms with Crippen LogP contribution < -0.4 is 9.47 Å². The lowest BCUT2D eigenvalue weighted by atomic mass is 9.69. The lowest BCUT2D eigenvalue weighted by Crippen LogP contribution is -2.40. The molecule has 0 fully saturated rings. The van der Waals surface area contributed by atoms with Crippen molar-refractivity contribution in [3.63, 3.8) is 0 Å². The highest BCUT2D eigenvalue weighted by atomic mass is 16.5. The molecule has 0 saturated carbocycles. The van der Waals surface area contributed by atoms with Crippen molar-refractivity contribution in [3.05, 3.63) is 76.5 Å². The van der Waals surface area contributed by atoms with Gasteiger partial charge in [-0.05, 0) is 47.6 Å². The first-order valence-electron chi connectivity index (χ1n) is 11.0. The first kappa shape index (κ1) is 19.9. The van der Waals surface area contributed by atoms with Crippen LogP contribution in [0.3, 0.4) is 0 Å². The lowest BCUT2D eigenvalue weighted by molar-refractivity contribution is -0.118. The topological polar surface area (TPSA) is 38.8 Å². The van der Waals surface area contributed by atoms with Crippen molar-refractivity contribution < 1.29 is 14.3 Å². The van der Waals surface area contributed by atoms with Crippen molar-refractivity contribution in [1.82, 2.24) is 4.90 Å². The summed E-state index contributed by atoms with van der Waals surface area (Å²) in [5, 5.41) is 0. The number of methoxy groups -OCH3 is 2. The predicted octanol–water partition coefficient (Wildman–Crippen LogP) is 5.34. The molecule has 31 heavy (non-hydrogen) atoms. The number of nitrogens with zero attached hydrogens (tertiary/aromatic N) is 1. The number of carbonyl (C=O) groups excluding carboxylic acids is 1. The van der Waals surface area contributed by atoms with Gasteiger partial charge < -0.3 is 14.4 Å². The summed E-state index contributed by atoms with van der Waals surface area (Å²) in [5.74, 6) is 1.76. The minimum absolute atomic E-state index is 0.0231. The van der Waals surface area contributed by atoms with Crippen LogP contribution in [0, 0.1) is 5.41 Å². The second-order valence-electron chi connectivity index (χ2n) is 9.51. The maximum atomic E-state index is 13.4. The number of hydrogen-bond donors (Lipinski definition) is 0. The van der Waals surface area contributed by atoms with Crippen molar-refractivity contribution in [2.24, 2.45) is 5.41 Å². The number of Topliss-reactive ketones (excluding diaryl/α,β-unsaturated/α-hetero) is 1. The molecule has 5 rings (SSSR count). The maximum absolute atomic E-state index is 13.4. The molecule has 2 aliphatic heterocycles. The Kier molecular flexibility index (Phi) is 4.69. The first-order valence-corrected chi connectivity index (χ1v) is 11.0. The number of benzene rings is 2. The van der Waals surface area contributed by atoms with Crippen LogP contribution in [-0.2, 0) is 11.2 Å². The van der Waals surface area contributed by atoms with Gasteiger partial charge in [0.15, 0.2) is 17.3 Å². The van der Waals surface area contributed by atoms with Gasteiger partial charge in [0.25, 0.3) is 0 Å². The average Bonchev–Trinajstić information content (AvgIpc) is 2.77. The van der Waals surface area contributed by atoms with E-state index in [2.05, 4.69) is 61.2 Å². The van der Waals surface area contributed by atoms with Crippen LogP contribution in [0.4, 0.5) is 0 Å². The van der Waals surface area contributed by atoms with E-state index in [1.54, 1.807) is 14.2 Å². The van der Waals surface area contributed by atoms with Crippen LogP contribution in [0.15, 0.2) is 59.8 Å². The number of rotatable bonds is 3. The summed E-state index contributed by atoms with van der Waals surface area (Å²) >= 11 is 0. The largest absolute Gasteiger partial charge is 0.493 e. The van der Waals surface area contributed by atoms with Gasteiger partial charge in [-0.1, -0.05) is 44.2 Å². The fourth-order valence-corrected chi connectivity index (χ4v) is 5.38. The molecule has 0 saturated heterocycles. The summed E-state index contributed by atoms with van der Waals surface area (Å²) in [4.78, 5) is 15.8. The van der Waals surface area contributed by atoms with Crippen LogP contribution >= 0.6 is 0 Å². The van der Waals surface area contributed by atoms with E-state index >= 15 is 0 Å². The Morgan fingerprint density at radius 3 is 2.42 bits per heavy atom. The molecule has 0 N–H and O–H groups in total. The predicted molar refractivity (Wildman–Crippen MR) is 122 cm³/mol. The molecule has 0 bridgehead atoms. The van der Waals surface area contributed by atoms with Crippen LogP contribution in [0.5, 0.6) is 11.5 Å². The number of carbonyl (C=O) groups is 1. The molecule has 2 aromatic carbocycles. The molecule has 4 heteroatoms. The quantitative estimate of drug-likeness (QED) is 0.678. The molecule has 1 atom stereocenters. The molecule has 0 aromatic heterocycles. The van der Waals surface area contributed by atoms with Gasteiger partial charge in [-0.2, -0.15) is 0 Å². The lowest BCUT2D eigenvalue weighted by Gasteiger charge is -2.46. The molecule has 1 aliphatic carbocycles. The van der Waals surface area contributed by atoms with Crippen molar-refractivity contribution in [1.29, 1.82) is 0 Å². The number of allylic oxidation sites excluding steroid dienone is 3. The molecule has 0 radical (unpaired) electrons. The number of ether oxygens (including phenoxy) is 2. The third kappa shape index (κ3) is 3.25. The van der Waals surface area contributed by atoms with E-state index in [0.717, 1.165) is 36.5 Å². The Balaban J connectivity index is 1.71. The minimum Gasteiger partial charge on any atom is -0.493 e. The first-order chi connectivity index (χ1) is 14.9. The summed E-state index contributed by atoms with van der Waals surface area (Å²) in [6.45, 7) is 5.28. The zero-order valence-corrected chi connectivity index (χ0v) is 18.7. The second kappa shape index (κ2) is 7.30. The smallest absolute Gasteiger partial charge is 0.162 e. The third-order valence-electron chi connectivity index (χ3n) is 6.80. The maximum Gasteiger partial charge on any atom is 0.162 e. The molecule has 2 heterocycles. The number of fused-ring (bicyclic) bond motifs is 4. The SMILES string of the molecule is COc1cc2c(cc1OC)C1=C[C@H](c3ccccc3)C3=C(CC(C)(C)CC3=O)N1CC2. The van der Waals surface area contributed by atoms with Crippen molar-refractivity contribution in [3.8, 4) is 11.5 Å². The zero-order valence-electron chi connectivity index (χ0n) is 18.7. The second-order valence-corrected chi connectivity index (χ2v) is 9.51. The van der Waals surface area contributed by atoms with E-state index in [0.29, 0.717) is 6.42 Å². The molecule has 160 valence electrons. The van der Waals surface area contributed by atoms with Gasteiger partial charge in [-0.15, -0.1) is 0 Å². The van der Waals surface area contributed by atoms with Gasteiger partial charge in [0.1, 0.15) is 0 Å². The molecule has 4 nitrogen and oxygen atoms in total. The molecular weight excluding hydrogens is 386 g/mol. The fourth-order valence-electron chi connectivity index (χ4n) is 5.38. The monoisotopic (exact) mass is 415 g/mol. The van der Waals surface area contributed by atoms with Gasteiger partial charge >= 0.3 is 0 Å². The van der Waals surface area contributed by atoms with Crippen molar-refractivity contribution in [2.75, 3.05) is 20.8 Å². The summed E-state index contributed by atoms with van der Waals surface area (Å²) in [6, 6.07) is 14.6.